The molecule has 0 aromatic heterocycles. The summed E-state index contributed by atoms with van der Waals surface area (Å²) in [6, 6.07) is 0. The Labute approximate surface area is 116 Å². The number of hydrogen-bond donors (Lipinski definition) is 1. The molecule has 1 N–H and O–H groups in total. The maximum atomic E-state index is 4.72. The molecule has 0 bridgehead atoms. The molecule has 2 saturated heterocycles. The van der Waals surface area contributed by atoms with Crippen molar-refractivity contribution in [3.63, 3.8) is 0 Å². The quantitative estimate of drug-likeness (QED) is 0.751. The zero-order chi connectivity index (χ0) is 12.8. The predicted octanol–water partition coefficient (Wildman–Crippen LogP) is 2.72. The first kappa shape index (κ1) is 14.2. The van der Waals surface area contributed by atoms with Gasteiger partial charge >= 0.3 is 0 Å². The van der Waals surface area contributed by atoms with Gasteiger partial charge in [-0.1, -0.05) is 25.6 Å². The Morgan fingerprint density at radius 2 is 2.00 bits per heavy atom. The third kappa shape index (κ3) is 3.64. The van der Waals surface area contributed by atoms with Crippen LogP contribution in [0.25, 0.3) is 0 Å². The molecule has 4 heteroatoms. The van der Waals surface area contributed by atoms with Crippen LogP contribution in [0.4, 0.5) is 0 Å². The third-order valence-corrected chi connectivity index (χ3v) is 5.50. The van der Waals surface area contributed by atoms with Gasteiger partial charge in [-0.05, 0) is 51.7 Å². The summed E-state index contributed by atoms with van der Waals surface area (Å²) in [5.74, 6) is 1.19. The highest BCUT2D eigenvalue weighted by atomic mass is 32.2. The molecule has 0 atom stereocenters. The zero-order valence-electron chi connectivity index (χ0n) is 11.9. The van der Waals surface area contributed by atoms with Crippen LogP contribution in [-0.4, -0.2) is 47.5 Å². The van der Waals surface area contributed by atoms with Crippen molar-refractivity contribution < 1.29 is 0 Å². The molecular formula is C14H27N3S. The van der Waals surface area contributed by atoms with E-state index in [2.05, 4.69) is 24.1 Å². The van der Waals surface area contributed by atoms with Crippen molar-refractivity contribution in [2.45, 2.75) is 51.5 Å². The zero-order valence-corrected chi connectivity index (χ0v) is 12.7. The normalized spacial score (nSPS) is 25.8. The molecule has 0 aromatic carbocycles. The van der Waals surface area contributed by atoms with Gasteiger partial charge in [0, 0.05) is 17.8 Å². The second-order valence-corrected chi connectivity index (χ2v) is 6.45. The first-order chi connectivity index (χ1) is 8.78. The summed E-state index contributed by atoms with van der Waals surface area (Å²) in [7, 11) is 0. The lowest BCUT2D eigenvalue weighted by atomic mass is 9.96. The van der Waals surface area contributed by atoms with Gasteiger partial charge in [0.25, 0.3) is 0 Å². The highest BCUT2D eigenvalue weighted by Gasteiger charge is 2.33. The standard InChI is InChI=1S/C14H27N3S/c1-3-14(4-2)12-18-13(16-14)15-8-7-11-17-9-5-6-10-17/h3-12H2,1-2H3,(H,15,16). The molecule has 2 aliphatic rings. The van der Waals surface area contributed by atoms with E-state index in [-0.39, 0.29) is 0 Å². The van der Waals surface area contributed by atoms with Crippen molar-refractivity contribution in [2.75, 3.05) is 31.9 Å². The summed E-state index contributed by atoms with van der Waals surface area (Å²) in [5.41, 5.74) is 0.318. The predicted molar refractivity (Wildman–Crippen MR) is 81.5 cm³/mol. The van der Waals surface area contributed by atoms with E-state index in [0.29, 0.717) is 5.54 Å². The van der Waals surface area contributed by atoms with Crippen LogP contribution in [0.2, 0.25) is 0 Å². The summed E-state index contributed by atoms with van der Waals surface area (Å²) in [5, 5.41) is 4.81. The van der Waals surface area contributed by atoms with E-state index in [0.717, 1.165) is 6.54 Å². The Bertz CT molecular complexity index is 281. The van der Waals surface area contributed by atoms with Crippen LogP contribution in [0.1, 0.15) is 46.0 Å². The Morgan fingerprint density at radius 1 is 1.28 bits per heavy atom. The maximum Gasteiger partial charge on any atom is 0.157 e. The molecule has 0 spiro atoms. The molecular weight excluding hydrogens is 242 g/mol. The second-order valence-electron chi connectivity index (χ2n) is 5.49. The Hall–Kier alpha value is -0.220. The fraction of sp³-hybridized carbons (Fsp3) is 0.929. The van der Waals surface area contributed by atoms with E-state index >= 15 is 0 Å². The minimum absolute atomic E-state index is 0.318. The van der Waals surface area contributed by atoms with Gasteiger partial charge in [0.15, 0.2) is 5.17 Å². The monoisotopic (exact) mass is 269 g/mol. The van der Waals surface area contributed by atoms with Crippen LogP contribution in [0.3, 0.4) is 0 Å². The summed E-state index contributed by atoms with van der Waals surface area (Å²) in [6.45, 7) is 9.36. The first-order valence-corrected chi connectivity index (χ1v) is 8.44. The number of amidine groups is 1. The molecule has 0 aromatic rings. The number of likely N-dealkylation sites (tertiary alicyclic amines) is 1. The summed E-state index contributed by atoms with van der Waals surface area (Å²) in [4.78, 5) is 7.28. The molecule has 0 unspecified atom stereocenters. The van der Waals surface area contributed by atoms with E-state index in [4.69, 9.17) is 4.99 Å². The minimum Gasteiger partial charge on any atom is -0.359 e. The lowest BCUT2D eigenvalue weighted by molar-refractivity contribution is 0.336. The van der Waals surface area contributed by atoms with Crippen LogP contribution in [0, 0.1) is 0 Å². The fourth-order valence-corrected chi connectivity index (χ4v) is 4.07. The molecule has 2 fully saturated rings. The van der Waals surface area contributed by atoms with Crippen molar-refractivity contribution in [1.82, 2.24) is 10.2 Å². The average Bonchev–Trinajstić information content (AvgIpc) is 3.05. The molecule has 0 radical (unpaired) electrons. The Balaban J connectivity index is 1.67. The van der Waals surface area contributed by atoms with Crippen molar-refractivity contribution >= 4 is 16.9 Å². The molecule has 18 heavy (non-hydrogen) atoms. The van der Waals surface area contributed by atoms with E-state index in [1.807, 2.05) is 11.8 Å². The van der Waals surface area contributed by atoms with Crippen molar-refractivity contribution in [3.8, 4) is 0 Å². The highest BCUT2D eigenvalue weighted by Crippen LogP contribution is 2.28. The molecule has 0 saturated carbocycles. The number of nitrogens with one attached hydrogen (secondary N) is 1. The van der Waals surface area contributed by atoms with Crippen molar-refractivity contribution in [3.05, 3.63) is 0 Å². The first-order valence-electron chi connectivity index (χ1n) is 7.46. The fourth-order valence-electron chi connectivity index (χ4n) is 2.70. The van der Waals surface area contributed by atoms with Gasteiger partial charge < -0.3 is 10.2 Å². The lowest BCUT2D eigenvalue weighted by Crippen LogP contribution is -2.42. The Kier molecular flexibility index (Phi) is 5.37. The van der Waals surface area contributed by atoms with Gasteiger partial charge in [0.1, 0.15) is 0 Å². The minimum atomic E-state index is 0.318. The molecule has 0 aliphatic carbocycles. The largest absolute Gasteiger partial charge is 0.359 e. The Morgan fingerprint density at radius 3 is 2.61 bits per heavy atom. The molecule has 3 nitrogen and oxygen atoms in total. The van der Waals surface area contributed by atoms with Crippen molar-refractivity contribution in [1.29, 1.82) is 0 Å². The van der Waals surface area contributed by atoms with E-state index in [9.17, 15) is 0 Å². The van der Waals surface area contributed by atoms with Gasteiger partial charge in [-0.25, -0.2) is 0 Å². The third-order valence-electron chi connectivity index (χ3n) is 4.30. The molecule has 2 heterocycles. The number of nitrogens with zero attached hydrogens (tertiary/aromatic N) is 2. The van der Waals surface area contributed by atoms with Crippen molar-refractivity contribution in [2.24, 2.45) is 4.99 Å². The van der Waals surface area contributed by atoms with Gasteiger partial charge in [-0.2, -0.15) is 0 Å². The van der Waals surface area contributed by atoms with E-state index in [1.165, 1.54) is 62.7 Å². The molecule has 104 valence electrons. The van der Waals surface area contributed by atoms with Crippen LogP contribution in [0.15, 0.2) is 4.99 Å². The van der Waals surface area contributed by atoms with Gasteiger partial charge in [0.2, 0.25) is 0 Å². The maximum absolute atomic E-state index is 4.72. The van der Waals surface area contributed by atoms with E-state index in [1.54, 1.807) is 0 Å². The van der Waals surface area contributed by atoms with Crippen LogP contribution in [-0.2, 0) is 0 Å². The van der Waals surface area contributed by atoms with Crippen LogP contribution >= 0.6 is 11.8 Å². The summed E-state index contributed by atoms with van der Waals surface area (Å²) < 4.78 is 0. The smallest absolute Gasteiger partial charge is 0.157 e. The lowest BCUT2D eigenvalue weighted by Gasteiger charge is -2.25. The molecule has 2 rings (SSSR count). The molecule has 0 amide bonds. The van der Waals surface area contributed by atoms with Crippen LogP contribution < -0.4 is 5.32 Å². The number of thioether (sulfide) groups is 1. The number of rotatable bonds is 6. The number of aliphatic imine (C=N–C) groups is 1. The summed E-state index contributed by atoms with van der Waals surface area (Å²) in [6.07, 6.45) is 6.38. The summed E-state index contributed by atoms with van der Waals surface area (Å²) >= 11 is 1.91. The van der Waals surface area contributed by atoms with Gasteiger partial charge in [-0.3, -0.25) is 4.99 Å². The highest BCUT2D eigenvalue weighted by molar-refractivity contribution is 8.14. The van der Waals surface area contributed by atoms with Gasteiger partial charge in [0.05, 0.1) is 0 Å². The average molecular weight is 269 g/mol. The van der Waals surface area contributed by atoms with E-state index < -0.39 is 0 Å². The second kappa shape index (κ2) is 6.80. The topological polar surface area (TPSA) is 27.6 Å². The SMILES string of the molecule is CCC1(CC)CSC(=NCCCN2CCCC2)N1. The van der Waals surface area contributed by atoms with Gasteiger partial charge in [-0.15, -0.1) is 0 Å². The molecule has 2 aliphatic heterocycles. The van der Waals surface area contributed by atoms with Crippen LogP contribution in [0.5, 0.6) is 0 Å². The number of hydrogen-bond acceptors (Lipinski definition) is 3.